The zero-order chi connectivity index (χ0) is 20.8. The Labute approximate surface area is 171 Å². The number of carbonyl (C=O) groups excluding carboxylic acids is 2. The lowest BCUT2D eigenvalue weighted by atomic mass is 10.1. The minimum absolute atomic E-state index is 0.129. The number of anilines is 2. The molecule has 0 saturated heterocycles. The number of hydrogen-bond acceptors (Lipinski definition) is 3. The molecule has 3 rings (SSSR count). The van der Waals surface area contributed by atoms with Crippen LogP contribution in [0.4, 0.5) is 11.4 Å². The van der Waals surface area contributed by atoms with Crippen molar-refractivity contribution in [2.24, 2.45) is 0 Å². The summed E-state index contributed by atoms with van der Waals surface area (Å²) in [7, 11) is 1.77. The predicted octanol–water partition coefficient (Wildman–Crippen LogP) is 4.30. The number of benzene rings is 3. The zero-order valence-corrected chi connectivity index (χ0v) is 17.1. The van der Waals surface area contributed by atoms with Crippen LogP contribution in [0.3, 0.4) is 0 Å². The maximum Gasteiger partial charge on any atom is 0.241 e. The van der Waals surface area contributed by atoms with Crippen LogP contribution in [0, 0.1) is 0 Å². The molecular formula is C24H27N3O2. The molecule has 5 nitrogen and oxygen atoms in total. The molecule has 0 aliphatic heterocycles. The van der Waals surface area contributed by atoms with E-state index in [1.54, 1.807) is 18.9 Å². The van der Waals surface area contributed by atoms with Crippen molar-refractivity contribution in [3.8, 4) is 0 Å². The van der Waals surface area contributed by atoms with E-state index in [1.807, 2.05) is 66.7 Å². The summed E-state index contributed by atoms with van der Waals surface area (Å²) in [6, 6.07) is 21.1. The molecule has 2 amide bonds. The monoisotopic (exact) mass is 389 g/mol. The van der Waals surface area contributed by atoms with Crippen molar-refractivity contribution in [3.63, 3.8) is 0 Å². The highest BCUT2D eigenvalue weighted by atomic mass is 16.2. The second-order valence-corrected chi connectivity index (χ2v) is 7.20. The van der Waals surface area contributed by atoms with Crippen LogP contribution in [0.15, 0.2) is 66.7 Å². The lowest BCUT2D eigenvalue weighted by molar-refractivity contribution is -0.122. The van der Waals surface area contributed by atoms with Crippen LogP contribution >= 0.6 is 0 Å². The summed E-state index contributed by atoms with van der Waals surface area (Å²) in [4.78, 5) is 26.8. The van der Waals surface area contributed by atoms with Gasteiger partial charge in [-0.2, -0.15) is 0 Å². The van der Waals surface area contributed by atoms with Crippen LogP contribution < -0.4 is 10.6 Å². The normalized spacial score (nSPS) is 12.0. The minimum Gasteiger partial charge on any atom is -0.325 e. The maximum absolute atomic E-state index is 12.6. The number of likely N-dealkylation sites (N-methyl/N-ethyl adjacent to an activating group) is 1. The summed E-state index contributed by atoms with van der Waals surface area (Å²) in [5, 5.41) is 8.08. The molecule has 0 fully saturated rings. The second kappa shape index (κ2) is 9.34. The van der Waals surface area contributed by atoms with Crippen molar-refractivity contribution >= 4 is 34.0 Å². The number of rotatable bonds is 7. The third kappa shape index (κ3) is 5.21. The molecule has 1 atom stereocenters. The first-order chi connectivity index (χ1) is 14.0. The molecule has 0 heterocycles. The molecule has 150 valence electrons. The molecule has 3 aromatic rings. The van der Waals surface area contributed by atoms with Gasteiger partial charge in [-0.15, -0.1) is 0 Å². The zero-order valence-electron chi connectivity index (χ0n) is 17.1. The van der Waals surface area contributed by atoms with Gasteiger partial charge in [0.2, 0.25) is 11.8 Å². The molecule has 5 heteroatoms. The number of amides is 2. The number of aryl methyl sites for hydroxylation is 1. The van der Waals surface area contributed by atoms with Crippen molar-refractivity contribution in [2.45, 2.75) is 26.3 Å². The van der Waals surface area contributed by atoms with Crippen LogP contribution in [-0.4, -0.2) is 36.3 Å². The fraction of sp³-hybridized carbons (Fsp3) is 0.250. The number of para-hydroxylation sites is 1. The van der Waals surface area contributed by atoms with Crippen LogP contribution in [0.2, 0.25) is 0 Å². The average Bonchev–Trinajstić information content (AvgIpc) is 2.73. The molecule has 3 aromatic carbocycles. The van der Waals surface area contributed by atoms with Gasteiger partial charge >= 0.3 is 0 Å². The van der Waals surface area contributed by atoms with Gasteiger partial charge in [-0.1, -0.05) is 55.5 Å². The van der Waals surface area contributed by atoms with E-state index >= 15 is 0 Å². The first-order valence-electron chi connectivity index (χ1n) is 9.85. The maximum atomic E-state index is 12.6. The van der Waals surface area contributed by atoms with Crippen LogP contribution in [0.5, 0.6) is 0 Å². The van der Waals surface area contributed by atoms with Crippen LogP contribution in [-0.2, 0) is 16.0 Å². The molecular weight excluding hydrogens is 362 g/mol. The average molecular weight is 389 g/mol. The number of hydrogen-bond donors (Lipinski definition) is 2. The lowest BCUT2D eigenvalue weighted by Gasteiger charge is -2.23. The third-order valence-corrected chi connectivity index (χ3v) is 5.12. The fourth-order valence-corrected chi connectivity index (χ4v) is 3.22. The Morgan fingerprint density at radius 2 is 1.62 bits per heavy atom. The van der Waals surface area contributed by atoms with Crippen molar-refractivity contribution in [3.05, 3.63) is 72.3 Å². The SMILES string of the molecule is CCc1ccccc1NC(=O)CN(C)[C@@H](C)C(=O)Nc1ccc2ccccc2c1. The Balaban J connectivity index is 1.58. The van der Waals surface area contributed by atoms with E-state index in [1.165, 1.54) is 0 Å². The minimum atomic E-state index is -0.450. The molecule has 0 aromatic heterocycles. The smallest absolute Gasteiger partial charge is 0.241 e. The largest absolute Gasteiger partial charge is 0.325 e. The molecule has 0 spiro atoms. The molecule has 29 heavy (non-hydrogen) atoms. The summed E-state index contributed by atoms with van der Waals surface area (Å²) in [6.45, 7) is 3.98. The Hall–Kier alpha value is -3.18. The number of nitrogens with zero attached hydrogens (tertiary/aromatic N) is 1. The second-order valence-electron chi connectivity index (χ2n) is 7.20. The number of carbonyl (C=O) groups is 2. The van der Waals surface area contributed by atoms with E-state index < -0.39 is 6.04 Å². The fourth-order valence-electron chi connectivity index (χ4n) is 3.22. The number of fused-ring (bicyclic) bond motifs is 1. The van der Waals surface area contributed by atoms with Gasteiger partial charge in [0.05, 0.1) is 12.6 Å². The van der Waals surface area contributed by atoms with Gasteiger partial charge in [0.1, 0.15) is 0 Å². The summed E-state index contributed by atoms with van der Waals surface area (Å²) in [5.74, 6) is -0.289. The predicted molar refractivity (Wildman–Crippen MR) is 119 cm³/mol. The van der Waals surface area contributed by atoms with Gasteiger partial charge in [-0.25, -0.2) is 0 Å². The third-order valence-electron chi connectivity index (χ3n) is 5.12. The lowest BCUT2D eigenvalue weighted by Crippen LogP contribution is -2.43. The highest BCUT2D eigenvalue weighted by molar-refractivity contribution is 5.98. The van der Waals surface area contributed by atoms with E-state index in [2.05, 4.69) is 17.6 Å². The van der Waals surface area contributed by atoms with E-state index in [-0.39, 0.29) is 18.4 Å². The van der Waals surface area contributed by atoms with Crippen molar-refractivity contribution in [2.75, 3.05) is 24.2 Å². The summed E-state index contributed by atoms with van der Waals surface area (Å²) in [5.41, 5.74) is 2.66. The van der Waals surface area contributed by atoms with Gasteiger partial charge in [0.25, 0.3) is 0 Å². The number of nitrogens with one attached hydrogen (secondary N) is 2. The molecule has 0 unspecified atom stereocenters. The molecule has 2 N–H and O–H groups in total. The van der Waals surface area contributed by atoms with Crippen molar-refractivity contribution in [1.82, 2.24) is 4.90 Å². The topological polar surface area (TPSA) is 61.4 Å². The Bertz CT molecular complexity index is 1020. The summed E-state index contributed by atoms with van der Waals surface area (Å²) >= 11 is 0. The summed E-state index contributed by atoms with van der Waals surface area (Å²) in [6.07, 6.45) is 0.844. The van der Waals surface area contributed by atoms with Crippen molar-refractivity contribution < 1.29 is 9.59 Å². The Kier molecular flexibility index (Phi) is 6.62. The van der Waals surface area contributed by atoms with Gasteiger partial charge < -0.3 is 10.6 Å². The molecule has 0 bridgehead atoms. The Morgan fingerprint density at radius 1 is 0.931 bits per heavy atom. The van der Waals surface area contributed by atoms with Crippen LogP contribution in [0.1, 0.15) is 19.4 Å². The van der Waals surface area contributed by atoms with E-state index in [0.717, 1.165) is 34.1 Å². The van der Waals surface area contributed by atoms with Gasteiger partial charge in [-0.05, 0) is 54.9 Å². The van der Waals surface area contributed by atoms with E-state index in [9.17, 15) is 9.59 Å². The first kappa shape index (κ1) is 20.6. The Morgan fingerprint density at radius 3 is 2.38 bits per heavy atom. The highest BCUT2D eigenvalue weighted by Gasteiger charge is 2.20. The molecule has 0 aliphatic rings. The van der Waals surface area contributed by atoms with Crippen LogP contribution in [0.25, 0.3) is 10.8 Å². The van der Waals surface area contributed by atoms with Crippen molar-refractivity contribution in [1.29, 1.82) is 0 Å². The first-order valence-corrected chi connectivity index (χ1v) is 9.85. The molecule has 0 saturated carbocycles. The summed E-state index contributed by atoms with van der Waals surface area (Å²) < 4.78 is 0. The standard InChI is InChI=1S/C24H27N3O2/c1-4-18-9-7-8-12-22(18)26-23(28)16-27(3)17(2)24(29)25-21-14-13-19-10-5-6-11-20(19)15-21/h5-15,17H,4,16H2,1-3H3,(H,25,29)(H,26,28)/t17-/m0/s1. The van der Waals surface area contributed by atoms with Gasteiger partial charge in [0, 0.05) is 11.4 Å². The quantitative estimate of drug-likeness (QED) is 0.633. The van der Waals surface area contributed by atoms with E-state index in [0.29, 0.717) is 0 Å². The van der Waals surface area contributed by atoms with E-state index in [4.69, 9.17) is 0 Å². The van der Waals surface area contributed by atoms with Gasteiger partial charge in [0.15, 0.2) is 0 Å². The van der Waals surface area contributed by atoms with Gasteiger partial charge in [-0.3, -0.25) is 14.5 Å². The molecule has 0 aliphatic carbocycles. The highest BCUT2D eigenvalue weighted by Crippen LogP contribution is 2.19. The molecule has 0 radical (unpaired) electrons.